The lowest BCUT2D eigenvalue weighted by atomic mass is 10.1. The maximum Gasteiger partial charge on any atom is 0.258 e. The van der Waals surface area contributed by atoms with Crippen molar-refractivity contribution < 1.29 is 0 Å². The van der Waals surface area contributed by atoms with Crippen molar-refractivity contribution in [2.45, 2.75) is 105 Å². The number of benzene rings is 8. The highest BCUT2D eigenvalue weighted by molar-refractivity contribution is 5.97. The smallest absolute Gasteiger partial charge is 0.258 e. The second-order valence-electron chi connectivity index (χ2n) is 21.3. The lowest BCUT2D eigenvalue weighted by Gasteiger charge is -2.07. The van der Waals surface area contributed by atoms with Crippen molar-refractivity contribution in [3.8, 4) is 0 Å². The maximum absolute atomic E-state index is 14.3. The zero-order valence-corrected chi connectivity index (χ0v) is 49.2. The summed E-state index contributed by atoms with van der Waals surface area (Å²) in [5.74, 6) is 0. The van der Waals surface area contributed by atoms with Crippen molar-refractivity contribution in [1.29, 1.82) is 0 Å². The Bertz CT molecular complexity index is 4170. The summed E-state index contributed by atoms with van der Waals surface area (Å²) in [6.45, 7) is 10.5. The molecule has 0 saturated carbocycles. The Labute approximate surface area is 502 Å². The number of rotatable bonds is 12. The minimum atomic E-state index is -0.155. The second kappa shape index (κ2) is 28.1. The van der Waals surface area contributed by atoms with Gasteiger partial charge in [0.1, 0.15) is 0 Å². The van der Waals surface area contributed by atoms with E-state index in [0.29, 0.717) is 80.0 Å². The first-order valence-corrected chi connectivity index (χ1v) is 29.9. The van der Waals surface area contributed by atoms with Gasteiger partial charge in [0.15, 0.2) is 0 Å². The molecule has 8 nitrogen and oxygen atoms in total. The Hall–Kier alpha value is -10.6. The topological polar surface area (TPSA) is 88.0 Å². The van der Waals surface area contributed by atoms with Crippen molar-refractivity contribution in [1.82, 2.24) is 18.3 Å². The lowest BCUT2D eigenvalue weighted by Crippen LogP contribution is -2.20. The van der Waals surface area contributed by atoms with Gasteiger partial charge in [0.25, 0.3) is 22.2 Å². The summed E-state index contributed by atoms with van der Waals surface area (Å²) in [5, 5.41) is 8.79. The van der Waals surface area contributed by atoms with E-state index in [1.54, 1.807) is 66.8 Å². The Morgan fingerprint density at radius 1 is 0.256 bits per heavy atom. The van der Waals surface area contributed by atoms with E-state index in [1.165, 1.54) is 0 Å². The number of fused-ring (bicyclic) bond motifs is 2. The highest BCUT2D eigenvalue weighted by Gasteiger charge is 2.06. The molecule has 0 aliphatic rings. The third-order valence-electron chi connectivity index (χ3n) is 15.2. The van der Waals surface area contributed by atoms with Crippen molar-refractivity contribution in [2.75, 3.05) is 0 Å². The molecule has 0 amide bonds. The van der Waals surface area contributed by atoms with Gasteiger partial charge < -0.3 is 18.3 Å². The third-order valence-corrected chi connectivity index (χ3v) is 15.2. The highest BCUT2D eigenvalue weighted by atomic mass is 16.1. The molecular weight excluding hydrogens is 1060 g/mol. The summed E-state index contributed by atoms with van der Waals surface area (Å²) in [6, 6.07) is 90.7. The molecule has 18 rings (SSSR count). The van der Waals surface area contributed by atoms with Crippen LogP contribution in [0, 0.1) is 60.7 Å². The molecular formula is C78H66N4O4. The number of aryl methyl sites for hydroxylation is 4. The van der Waals surface area contributed by atoms with Crippen LogP contribution in [-0.2, 0) is 26.2 Å². The quantitative estimate of drug-likeness (QED) is 0.122. The Morgan fingerprint density at radius 3 is 0.663 bits per heavy atom. The van der Waals surface area contributed by atoms with Crippen molar-refractivity contribution in [3.05, 3.63) is 284 Å². The fourth-order valence-corrected chi connectivity index (χ4v) is 10.2. The van der Waals surface area contributed by atoms with E-state index >= 15 is 0 Å². The molecule has 18 aromatic rings. The van der Waals surface area contributed by atoms with Crippen LogP contribution in [0.5, 0.6) is 0 Å². The average molecular weight is 1120 g/mol. The van der Waals surface area contributed by atoms with Crippen LogP contribution in [0.25, 0.3) is 97.5 Å². The molecule has 0 radical (unpaired) electrons. The lowest BCUT2D eigenvalue weighted by molar-refractivity contribution is 0.634. The normalized spacial score (nSPS) is 10.6. The molecule has 422 valence electrons. The van der Waals surface area contributed by atoms with Crippen molar-refractivity contribution in [2.24, 2.45) is 0 Å². The van der Waals surface area contributed by atoms with Crippen LogP contribution in [0.4, 0.5) is 0 Å². The zero-order valence-electron chi connectivity index (χ0n) is 49.2. The van der Waals surface area contributed by atoms with Gasteiger partial charge in [0, 0.05) is 113 Å². The van der Waals surface area contributed by atoms with E-state index in [0.717, 1.165) is 95.0 Å². The molecule has 0 fully saturated rings. The molecule has 0 aliphatic carbocycles. The van der Waals surface area contributed by atoms with Gasteiger partial charge in [-0.15, -0.1) is 0 Å². The largest absolute Gasteiger partial charge is 0.308 e. The molecule has 0 aliphatic heterocycles. The molecule has 10 aromatic heterocycles. The van der Waals surface area contributed by atoms with E-state index in [-0.39, 0.29) is 22.2 Å². The number of unbranched alkanes of at least 4 members (excludes halogenated alkanes) is 4. The van der Waals surface area contributed by atoms with Gasteiger partial charge in [-0.1, -0.05) is 126 Å². The summed E-state index contributed by atoms with van der Waals surface area (Å²) in [5.41, 5.74) is 2.34. The Balaban J connectivity index is 1.31. The van der Waals surface area contributed by atoms with Gasteiger partial charge in [0.05, 0.1) is 10.8 Å². The summed E-state index contributed by atoms with van der Waals surface area (Å²) in [6.07, 6.45) is 6.81. The summed E-state index contributed by atoms with van der Waals surface area (Å²) < 4.78 is 7.17. The average Bonchev–Trinajstić information content (AvgIpc) is 3.05. The predicted octanol–water partition coefficient (Wildman–Crippen LogP) is 16.7. The van der Waals surface area contributed by atoms with Crippen LogP contribution < -0.4 is 22.2 Å². The zero-order chi connectivity index (χ0) is 59.8. The minimum Gasteiger partial charge on any atom is -0.308 e. The molecule has 14 bridgehead atoms. The fourth-order valence-electron chi connectivity index (χ4n) is 10.2. The fraction of sp³-hybridized carbons (Fsp3) is 0.205. The second-order valence-corrected chi connectivity index (χ2v) is 21.3. The van der Waals surface area contributed by atoms with Crippen LogP contribution in [0.15, 0.2) is 201 Å². The summed E-state index contributed by atoms with van der Waals surface area (Å²) >= 11 is 0. The number of hydrogen-bond acceptors (Lipinski definition) is 4. The van der Waals surface area contributed by atoms with Crippen LogP contribution in [0.1, 0.15) is 79.1 Å². The molecule has 86 heavy (non-hydrogen) atoms. The molecule has 0 unspecified atom stereocenters. The number of hydrogen-bond donors (Lipinski definition) is 0. The first-order valence-electron chi connectivity index (χ1n) is 29.9. The predicted molar refractivity (Wildman–Crippen MR) is 355 cm³/mol. The van der Waals surface area contributed by atoms with E-state index in [9.17, 15) is 19.2 Å². The molecule has 0 saturated heterocycles. The van der Waals surface area contributed by atoms with Crippen LogP contribution in [0.2, 0.25) is 0 Å². The number of aromatic nitrogens is 4. The Morgan fingerprint density at radius 2 is 0.465 bits per heavy atom. The SMILES string of the molecule is CCCCn1c(=O)c2ccc(cc2)c(=O)n(CCCC)c2ccc(c#cc3cccc4c#cc5ccc(cc5)n(CCCC)c(=O)c5ccc(cc5)c(=O)n(CCCC)c5ccc(c#cc6cccc(c#cc7ccc1cc7)c6c#cc34)cc5)cc2. The minimum absolute atomic E-state index is 0.155. The summed E-state index contributed by atoms with van der Waals surface area (Å²) in [7, 11) is 0. The Kier molecular flexibility index (Phi) is 19.2. The van der Waals surface area contributed by atoms with E-state index in [4.69, 9.17) is 0 Å². The van der Waals surface area contributed by atoms with Crippen molar-refractivity contribution in [3.63, 3.8) is 0 Å². The molecule has 0 atom stereocenters. The first-order chi connectivity index (χ1) is 42.1. The van der Waals surface area contributed by atoms with E-state index in [2.05, 4.69) is 88.4 Å². The van der Waals surface area contributed by atoms with Gasteiger partial charge in [-0.05, 0) is 196 Å². The van der Waals surface area contributed by atoms with Gasteiger partial charge in [-0.3, -0.25) is 19.2 Å². The number of nitrogens with zero attached hydrogens (tertiary/aromatic N) is 4. The molecule has 8 aromatic carbocycles. The molecule has 0 spiro atoms. The third kappa shape index (κ3) is 13.9. The van der Waals surface area contributed by atoms with E-state index < -0.39 is 0 Å². The van der Waals surface area contributed by atoms with E-state index in [1.807, 2.05) is 133 Å². The van der Waals surface area contributed by atoms with Gasteiger partial charge in [-0.2, -0.15) is 0 Å². The molecule has 10 heterocycles. The monoisotopic (exact) mass is 1120 g/mol. The first kappa shape index (κ1) is 58.6. The maximum atomic E-state index is 14.3. The van der Waals surface area contributed by atoms with Gasteiger partial charge in [0.2, 0.25) is 0 Å². The molecule has 0 N–H and O–H groups in total. The highest BCUT2D eigenvalue weighted by Crippen LogP contribution is 2.18. The summed E-state index contributed by atoms with van der Waals surface area (Å²) in [4.78, 5) is 57.4. The van der Waals surface area contributed by atoms with Gasteiger partial charge >= 0.3 is 0 Å². The van der Waals surface area contributed by atoms with Crippen molar-refractivity contribution >= 4 is 97.5 Å². The van der Waals surface area contributed by atoms with Crippen LogP contribution in [-0.4, -0.2) is 18.3 Å². The standard InChI is InChI=1S/C78H66N4O4/c1-5-9-53-79-69-43-23-57(24-44-69)19-31-61-15-13-16-62-32-20-59-27-47-71(48-28-59)81(55-11-7-3)77(85)67-39-41-68(42-40-67)78(86)82(56-12-8-4)72-49-29-60(30-50-72)22-34-64-18-14-17-63(74(64)52-51-73(61)62)33-21-58-25-45-70(46-26-58)80(54-10-6-2)76(84)66-37-35-65(36-38-66)75(79)83/h13-18,23-30,35-50H,5-12,53-56H2,1-4H3. The van der Waals surface area contributed by atoms with Crippen LogP contribution in [0.3, 0.4) is 0 Å². The van der Waals surface area contributed by atoms with Crippen LogP contribution >= 0.6 is 0 Å². The van der Waals surface area contributed by atoms with Gasteiger partial charge in [-0.25, -0.2) is 0 Å². The molecule has 8 heteroatoms.